The summed E-state index contributed by atoms with van der Waals surface area (Å²) in [5, 5.41) is 14.3. The summed E-state index contributed by atoms with van der Waals surface area (Å²) in [5.74, 6) is -2.10. The lowest BCUT2D eigenvalue weighted by Crippen LogP contribution is -2.52. The van der Waals surface area contributed by atoms with E-state index in [1.165, 1.54) is 12.4 Å². The van der Waals surface area contributed by atoms with E-state index in [2.05, 4.69) is 10.3 Å². The first-order valence-corrected chi connectivity index (χ1v) is 8.95. The molecule has 4 atom stereocenters. The molecule has 2 saturated heterocycles. The molecule has 3 heterocycles. The van der Waals surface area contributed by atoms with Crippen LogP contribution in [0, 0.1) is 27.9 Å². The van der Waals surface area contributed by atoms with Gasteiger partial charge >= 0.3 is 11.7 Å². The summed E-state index contributed by atoms with van der Waals surface area (Å²) in [6.45, 7) is 8.12. The van der Waals surface area contributed by atoms with Gasteiger partial charge < -0.3 is 15.0 Å². The van der Waals surface area contributed by atoms with Crippen LogP contribution in [0.2, 0.25) is 0 Å². The zero-order valence-electron chi connectivity index (χ0n) is 15.8. The number of esters is 1. The lowest BCUT2D eigenvalue weighted by atomic mass is 9.80. The number of carbonyl (C=O) groups excluding carboxylic acids is 2. The van der Waals surface area contributed by atoms with E-state index in [0.717, 1.165) is 0 Å². The number of nitro groups is 1. The number of rotatable bonds is 3. The van der Waals surface area contributed by atoms with Crippen LogP contribution in [-0.2, 0) is 14.3 Å². The largest absolute Gasteiger partial charge is 0.459 e. The average molecular weight is 376 g/mol. The second kappa shape index (κ2) is 6.79. The molecule has 1 amide bonds. The Hall–Kier alpha value is -2.71. The summed E-state index contributed by atoms with van der Waals surface area (Å²) in [6.07, 6.45) is 2.72. The number of amides is 1. The molecule has 0 bridgehead atoms. The maximum atomic E-state index is 12.6. The van der Waals surface area contributed by atoms with Crippen LogP contribution in [-0.4, -0.2) is 46.5 Å². The van der Waals surface area contributed by atoms with E-state index in [4.69, 9.17) is 4.74 Å². The van der Waals surface area contributed by atoms with Crippen molar-refractivity contribution in [2.24, 2.45) is 17.8 Å². The number of fused-ring (bicyclic) bond motifs is 1. The van der Waals surface area contributed by atoms with Crippen molar-refractivity contribution in [3.8, 4) is 0 Å². The molecule has 146 valence electrons. The summed E-state index contributed by atoms with van der Waals surface area (Å²) in [4.78, 5) is 41.7. The van der Waals surface area contributed by atoms with Gasteiger partial charge in [-0.1, -0.05) is 6.92 Å². The van der Waals surface area contributed by atoms with Crippen molar-refractivity contribution in [1.82, 2.24) is 10.3 Å². The Morgan fingerprint density at radius 3 is 2.74 bits per heavy atom. The molecule has 9 nitrogen and oxygen atoms in total. The van der Waals surface area contributed by atoms with Crippen LogP contribution in [0.15, 0.2) is 18.5 Å². The number of pyridine rings is 1. The molecule has 1 unspecified atom stereocenters. The van der Waals surface area contributed by atoms with Gasteiger partial charge in [0.2, 0.25) is 5.91 Å². The van der Waals surface area contributed by atoms with Crippen molar-refractivity contribution < 1.29 is 19.2 Å². The topological polar surface area (TPSA) is 115 Å². The van der Waals surface area contributed by atoms with Crippen molar-refractivity contribution in [3.63, 3.8) is 0 Å². The minimum absolute atomic E-state index is 0.0212. The van der Waals surface area contributed by atoms with Crippen LogP contribution in [0.1, 0.15) is 27.7 Å². The summed E-state index contributed by atoms with van der Waals surface area (Å²) in [6, 6.07) is 1.44. The number of piperidine rings is 1. The second-order valence-electron chi connectivity index (χ2n) is 8.21. The van der Waals surface area contributed by atoms with Crippen molar-refractivity contribution in [2.45, 2.75) is 39.3 Å². The fraction of sp³-hybridized carbons (Fsp3) is 0.611. The molecule has 2 fully saturated rings. The molecule has 2 aliphatic rings. The van der Waals surface area contributed by atoms with Crippen LogP contribution < -0.4 is 10.2 Å². The molecular weight excluding hydrogens is 352 g/mol. The van der Waals surface area contributed by atoms with Gasteiger partial charge in [-0.05, 0) is 32.8 Å². The first-order valence-electron chi connectivity index (χ1n) is 8.95. The smallest absolute Gasteiger partial charge is 0.319 e. The average Bonchev–Trinajstić information content (AvgIpc) is 2.90. The summed E-state index contributed by atoms with van der Waals surface area (Å²) in [5.41, 5.74) is -0.337. The minimum Gasteiger partial charge on any atom is -0.459 e. The van der Waals surface area contributed by atoms with E-state index >= 15 is 0 Å². The maximum Gasteiger partial charge on any atom is 0.319 e. The molecule has 2 aliphatic heterocycles. The highest BCUT2D eigenvalue weighted by molar-refractivity contribution is 6.00. The van der Waals surface area contributed by atoms with Gasteiger partial charge in [0.25, 0.3) is 0 Å². The second-order valence-corrected chi connectivity index (χ2v) is 8.21. The molecule has 1 aromatic heterocycles. The standard InChI is InChI=1S/C18H24N4O5/c1-10-8-21(12-5-6-19-7-13(12)22(25)26)9-11-14(16(23)20-15(10)11)17(24)27-18(2,3)4/h5-7,10-11,14-15H,8-9H2,1-4H3,(H,20,23)/t10-,11+,14?,15+/m1/s1. The zero-order valence-corrected chi connectivity index (χ0v) is 15.8. The first-order chi connectivity index (χ1) is 12.6. The Kier molecular flexibility index (Phi) is 4.79. The molecule has 0 saturated carbocycles. The predicted molar refractivity (Wildman–Crippen MR) is 97.0 cm³/mol. The Labute approximate surface area is 157 Å². The van der Waals surface area contributed by atoms with Crippen molar-refractivity contribution in [1.29, 1.82) is 0 Å². The molecule has 1 N–H and O–H groups in total. The Morgan fingerprint density at radius 2 is 2.11 bits per heavy atom. The van der Waals surface area contributed by atoms with Crippen LogP contribution in [0.4, 0.5) is 11.4 Å². The monoisotopic (exact) mass is 376 g/mol. The van der Waals surface area contributed by atoms with E-state index < -0.39 is 22.4 Å². The molecule has 0 aromatic carbocycles. The van der Waals surface area contributed by atoms with Crippen LogP contribution in [0.25, 0.3) is 0 Å². The van der Waals surface area contributed by atoms with Crippen molar-refractivity contribution >= 4 is 23.3 Å². The molecule has 0 radical (unpaired) electrons. The molecule has 0 aliphatic carbocycles. The number of hydrogen-bond donors (Lipinski definition) is 1. The number of carbonyl (C=O) groups is 2. The maximum absolute atomic E-state index is 12.6. The molecule has 1 aromatic rings. The number of hydrogen-bond acceptors (Lipinski definition) is 7. The zero-order chi connectivity index (χ0) is 19.9. The first kappa shape index (κ1) is 19.1. The predicted octanol–water partition coefficient (Wildman–Crippen LogP) is 1.52. The van der Waals surface area contributed by atoms with Gasteiger partial charge in [-0.2, -0.15) is 0 Å². The van der Waals surface area contributed by atoms with Crippen LogP contribution in [0.3, 0.4) is 0 Å². The highest BCUT2D eigenvalue weighted by Gasteiger charge is 2.52. The van der Waals surface area contributed by atoms with Gasteiger partial charge in [-0.15, -0.1) is 0 Å². The van der Waals surface area contributed by atoms with E-state index in [-0.39, 0.29) is 29.5 Å². The molecule has 27 heavy (non-hydrogen) atoms. The number of anilines is 1. The van der Waals surface area contributed by atoms with E-state index in [1.807, 2.05) is 11.8 Å². The quantitative estimate of drug-likeness (QED) is 0.368. The fourth-order valence-electron chi connectivity index (χ4n) is 3.97. The van der Waals surface area contributed by atoms with E-state index in [0.29, 0.717) is 18.8 Å². The molecule has 9 heteroatoms. The lowest BCUT2D eigenvalue weighted by molar-refractivity contribution is -0.384. The number of aromatic nitrogens is 1. The third kappa shape index (κ3) is 3.72. The number of ether oxygens (including phenoxy) is 1. The fourth-order valence-corrected chi connectivity index (χ4v) is 3.97. The van der Waals surface area contributed by atoms with Gasteiger partial charge in [0.05, 0.1) is 4.92 Å². The van der Waals surface area contributed by atoms with Gasteiger partial charge in [0, 0.05) is 31.2 Å². The normalized spacial score (nSPS) is 27.7. The highest BCUT2D eigenvalue weighted by atomic mass is 16.6. The number of nitrogens with one attached hydrogen (secondary N) is 1. The Morgan fingerprint density at radius 1 is 1.41 bits per heavy atom. The molecular formula is C18H24N4O5. The summed E-state index contributed by atoms with van der Waals surface area (Å²) >= 11 is 0. The van der Waals surface area contributed by atoms with Gasteiger partial charge in [0.15, 0.2) is 0 Å². The highest BCUT2D eigenvalue weighted by Crippen LogP contribution is 2.38. The summed E-state index contributed by atoms with van der Waals surface area (Å²) in [7, 11) is 0. The Balaban J connectivity index is 1.89. The molecule has 0 spiro atoms. The van der Waals surface area contributed by atoms with Crippen LogP contribution >= 0.6 is 0 Å². The van der Waals surface area contributed by atoms with E-state index in [1.54, 1.807) is 26.8 Å². The molecule has 3 rings (SSSR count). The van der Waals surface area contributed by atoms with Crippen LogP contribution in [0.5, 0.6) is 0 Å². The van der Waals surface area contributed by atoms with Crippen molar-refractivity contribution in [2.75, 3.05) is 18.0 Å². The third-order valence-electron chi connectivity index (χ3n) is 5.01. The number of nitrogens with zero attached hydrogens (tertiary/aromatic N) is 3. The Bertz CT molecular complexity index is 775. The summed E-state index contributed by atoms with van der Waals surface area (Å²) < 4.78 is 5.44. The van der Waals surface area contributed by atoms with Gasteiger partial charge in [-0.3, -0.25) is 24.7 Å². The van der Waals surface area contributed by atoms with Gasteiger partial charge in [0.1, 0.15) is 23.4 Å². The lowest BCUT2D eigenvalue weighted by Gasteiger charge is -2.40. The van der Waals surface area contributed by atoms with Gasteiger partial charge in [-0.25, -0.2) is 0 Å². The SMILES string of the molecule is C[C@@H]1CN(c2ccncc2[N+](=O)[O-])C[C@H]2C(C(=O)OC(C)(C)C)C(=O)N[C@@H]12. The minimum atomic E-state index is -0.916. The van der Waals surface area contributed by atoms with Crippen molar-refractivity contribution in [3.05, 3.63) is 28.6 Å². The third-order valence-corrected chi connectivity index (χ3v) is 5.01. The van der Waals surface area contributed by atoms with E-state index in [9.17, 15) is 19.7 Å².